The van der Waals surface area contributed by atoms with Crippen LogP contribution in [0.2, 0.25) is 0 Å². The maximum absolute atomic E-state index is 11.2. The molecule has 0 bridgehead atoms. The van der Waals surface area contributed by atoms with Crippen LogP contribution in [0, 0.1) is 0 Å². The van der Waals surface area contributed by atoms with Gasteiger partial charge in [-0.25, -0.2) is 4.79 Å². The minimum absolute atomic E-state index is 0.177. The monoisotopic (exact) mass is 205 g/mol. The van der Waals surface area contributed by atoms with Gasteiger partial charge in [0, 0.05) is 12.7 Å². The molecular formula is C8H15NO3S. The third-order valence-electron chi connectivity index (χ3n) is 1.20. The topological polar surface area (TPSA) is 55.4 Å². The first-order chi connectivity index (χ1) is 5.97. The first kappa shape index (κ1) is 12.3. The van der Waals surface area contributed by atoms with Crippen molar-refractivity contribution in [2.24, 2.45) is 0 Å². The Balaban J connectivity index is 4.07. The van der Waals surface area contributed by atoms with Crippen LogP contribution in [0.3, 0.4) is 0 Å². The molecule has 0 rings (SSSR count). The van der Waals surface area contributed by atoms with Crippen molar-refractivity contribution < 1.29 is 14.3 Å². The average molecular weight is 205 g/mol. The van der Waals surface area contributed by atoms with E-state index in [4.69, 9.17) is 4.74 Å². The molecule has 76 valence electrons. The second-order valence-corrected chi connectivity index (χ2v) is 3.29. The molecule has 0 heterocycles. The molecule has 0 aliphatic heterocycles. The Hall–Kier alpha value is -0.710. The molecule has 1 N–H and O–H groups in total. The maximum Gasteiger partial charge on any atom is 0.329 e. The SMILES string of the molecule is CC(=O)N[C@H](CS)C(=O)OC(C)C. The largest absolute Gasteiger partial charge is 0.461 e. The fourth-order valence-electron chi connectivity index (χ4n) is 0.739. The first-order valence-electron chi connectivity index (χ1n) is 4.05. The molecule has 0 fully saturated rings. The number of carbonyl (C=O) groups excluding carboxylic acids is 2. The van der Waals surface area contributed by atoms with Crippen molar-refractivity contribution in [3.05, 3.63) is 0 Å². The zero-order chi connectivity index (χ0) is 10.4. The molecule has 13 heavy (non-hydrogen) atoms. The van der Waals surface area contributed by atoms with Crippen molar-refractivity contribution in [2.45, 2.75) is 32.9 Å². The van der Waals surface area contributed by atoms with Crippen molar-refractivity contribution in [1.82, 2.24) is 5.32 Å². The molecule has 0 aliphatic rings. The fourth-order valence-corrected chi connectivity index (χ4v) is 0.979. The summed E-state index contributed by atoms with van der Waals surface area (Å²) in [4.78, 5) is 21.9. The number of hydrogen-bond donors (Lipinski definition) is 2. The van der Waals surface area contributed by atoms with Gasteiger partial charge in [0.25, 0.3) is 0 Å². The number of nitrogens with one attached hydrogen (secondary N) is 1. The lowest BCUT2D eigenvalue weighted by Gasteiger charge is -2.16. The fraction of sp³-hybridized carbons (Fsp3) is 0.750. The van der Waals surface area contributed by atoms with Gasteiger partial charge in [-0.1, -0.05) is 0 Å². The first-order valence-corrected chi connectivity index (χ1v) is 4.69. The highest BCUT2D eigenvalue weighted by molar-refractivity contribution is 7.80. The number of rotatable bonds is 4. The molecule has 0 aromatic rings. The lowest BCUT2D eigenvalue weighted by molar-refractivity contribution is -0.150. The van der Waals surface area contributed by atoms with Gasteiger partial charge in [0.1, 0.15) is 6.04 Å². The van der Waals surface area contributed by atoms with Gasteiger partial charge >= 0.3 is 5.97 Å². The summed E-state index contributed by atoms with van der Waals surface area (Å²) < 4.78 is 4.90. The van der Waals surface area contributed by atoms with Crippen molar-refractivity contribution in [2.75, 3.05) is 5.75 Å². The van der Waals surface area contributed by atoms with E-state index in [2.05, 4.69) is 17.9 Å². The molecule has 1 amide bonds. The summed E-state index contributed by atoms with van der Waals surface area (Å²) in [5, 5.41) is 2.44. The summed E-state index contributed by atoms with van der Waals surface area (Å²) in [5.41, 5.74) is 0. The van der Waals surface area contributed by atoms with Crippen LogP contribution in [0.1, 0.15) is 20.8 Å². The van der Waals surface area contributed by atoms with Crippen LogP contribution in [0.5, 0.6) is 0 Å². The van der Waals surface area contributed by atoms with Crippen LogP contribution < -0.4 is 5.32 Å². The quantitative estimate of drug-likeness (QED) is 0.515. The number of carbonyl (C=O) groups is 2. The molecule has 5 heteroatoms. The van der Waals surface area contributed by atoms with Gasteiger partial charge in [-0.15, -0.1) is 0 Å². The third kappa shape index (κ3) is 5.52. The highest BCUT2D eigenvalue weighted by atomic mass is 32.1. The van der Waals surface area contributed by atoms with E-state index in [1.54, 1.807) is 13.8 Å². The molecule has 0 aliphatic carbocycles. The van der Waals surface area contributed by atoms with Crippen molar-refractivity contribution in [3.63, 3.8) is 0 Å². The molecule has 0 unspecified atom stereocenters. The second kappa shape index (κ2) is 5.85. The number of esters is 1. The van der Waals surface area contributed by atoms with Crippen LogP contribution >= 0.6 is 12.6 Å². The number of ether oxygens (including phenoxy) is 1. The maximum atomic E-state index is 11.2. The van der Waals surface area contributed by atoms with Gasteiger partial charge in [-0.3, -0.25) is 4.79 Å². The predicted molar refractivity (Wildman–Crippen MR) is 52.7 cm³/mol. The summed E-state index contributed by atoms with van der Waals surface area (Å²) >= 11 is 3.94. The van der Waals surface area contributed by atoms with Gasteiger partial charge < -0.3 is 10.1 Å². The number of hydrogen-bond acceptors (Lipinski definition) is 4. The molecular weight excluding hydrogens is 190 g/mol. The van der Waals surface area contributed by atoms with E-state index < -0.39 is 12.0 Å². The normalized spacial score (nSPS) is 12.4. The number of thiol groups is 1. The molecule has 0 saturated heterocycles. The zero-order valence-electron chi connectivity index (χ0n) is 8.03. The summed E-state index contributed by atoms with van der Waals surface area (Å²) in [6.07, 6.45) is -0.177. The summed E-state index contributed by atoms with van der Waals surface area (Å²) in [7, 11) is 0. The Kier molecular flexibility index (Phi) is 5.53. The van der Waals surface area contributed by atoms with Crippen molar-refractivity contribution >= 4 is 24.5 Å². The highest BCUT2D eigenvalue weighted by Gasteiger charge is 2.19. The van der Waals surface area contributed by atoms with Gasteiger partial charge in [-0.2, -0.15) is 12.6 Å². The molecule has 0 spiro atoms. The van der Waals surface area contributed by atoms with E-state index in [9.17, 15) is 9.59 Å². The van der Waals surface area contributed by atoms with Crippen molar-refractivity contribution in [3.8, 4) is 0 Å². The van der Waals surface area contributed by atoms with E-state index in [1.807, 2.05) is 0 Å². The van der Waals surface area contributed by atoms with Crippen molar-refractivity contribution in [1.29, 1.82) is 0 Å². The third-order valence-corrected chi connectivity index (χ3v) is 1.56. The van der Waals surface area contributed by atoms with Gasteiger partial charge in [0.2, 0.25) is 5.91 Å². The molecule has 1 atom stereocenters. The lowest BCUT2D eigenvalue weighted by atomic mass is 10.3. The molecule has 4 nitrogen and oxygen atoms in total. The van der Waals surface area contributed by atoms with Crippen LogP contribution in [-0.2, 0) is 14.3 Å². The van der Waals surface area contributed by atoms with E-state index >= 15 is 0 Å². The smallest absolute Gasteiger partial charge is 0.329 e. The van der Waals surface area contributed by atoms with Gasteiger partial charge in [0.15, 0.2) is 0 Å². The number of amides is 1. The minimum atomic E-state index is -0.650. The average Bonchev–Trinajstić information content (AvgIpc) is 1.98. The summed E-state index contributed by atoms with van der Waals surface area (Å²) in [5.74, 6) is -0.467. The molecule has 0 saturated carbocycles. The summed E-state index contributed by atoms with van der Waals surface area (Å²) in [6, 6.07) is -0.650. The predicted octanol–water partition coefficient (Wildman–Crippen LogP) is 0.372. The Morgan fingerprint density at radius 3 is 2.31 bits per heavy atom. The van der Waals surface area contributed by atoms with E-state index in [0.717, 1.165) is 0 Å². The molecule has 0 aromatic carbocycles. The Morgan fingerprint density at radius 2 is 2.00 bits per heavy atom. The molecule has 0 aromatic heterocycles. The lowest BCUT2D eigenvalue weighted by Crippen LogP contribution is -2.42. The van der Waals surface area contributed by atoms with E-state index in [-0.39, 0.29) is 17.8 Å². The molecule has 0 radical (unpaired) electrons. The Morgan fingerprint density at radius 1 is 1.46 bits per heavy atom. The minimum Gasteiger partial charge on any atom is -0.461 e. The van der Waals surface area contributed by atoms with Crippen LogP contribution in [0.25, 0.3) is 0 Å². The Bertz CT molecular complexity index is 194. The second-order valence-electron chi connectivity index (χ2n) is 2.92. The highest BCUT2D eigenvalue weighted by Crippen LogP contribution is 1.96. The van der Waals surface area contributed by atoms with E-state index in [1.165, 1.54) is 6.92 Å². The zero-order valence-corrected chi connectivity index (χ0v) is 8.93. The Labute approximate surface area is 83.4 Å². The van der Waals surface area contributed by atoms with Crippen LogP contribution in [0.15, 0.2) is 0 Å². The van der Waals surface area contributed by atoms with E-state index in [0.29, 0.717) is 0 Å². The van der Waals surface area contributed by atoms with Gasteiger partial charge in [-0.05, 0) is 13.8 Å². The standard InChI is InChI=1S/C8H15NO3S/c1-5(2)12-8(11)7(4-13)9-6(3)10/h5,7,13H,4H2,1-3H3,(H,9,10)/t7-/m1/s1. The van der Waals surface area contributed by atoms with Crippen LogP contribution in [-0.4, -0.2) is 29.8 Å². The van der Waals surface area contributed by atoms with Crippen LogP contribution in [0.4, 0.5) is 0 Å². The van der Waals surface area contributed by atoms with Gasteiger partial charge in [0.05, 0.1) is 6.10 Å². The summed E-state index contributed by atoms with van der Waals surface area (Å²) in [6.45, 7) is 4.85.